The van der Waals surface area contributed by atoms with Crippen LogP contribution in [0.4, 0.5) is 0 Å². The Balaban J connectivity index is 1.75. The van der Waals surface area contributed by atoms with E-state index >= 15 is 0 Å². The molecule has 0 spiro atoms. The first kappa shape index (κ1) is 20.0. The van der Waals surface area contributed by atoms with Crippen molar-refractivity contribution in [1.29, 1.82) is 5.26 Å². The number of nitriles is 1. The number of aryl methyl sites for hydroxylation is 1. The van der Waals surface area contributed by atoms with E-state index in [2.05, 4.69) is 5.32 Å². The summed E-state index contributed by atoms with van der Waals surface area (Å²) >= 11 is 0. The van der Waals surface area contributed by atoms with E-state index < -0.39 is 5.97 Å². The van der Waals surface area contributed by atoms with Crippen LogP contribution < -0.4 is 10.1 Å². The number of amides is 1. The fourth-order valence-corrected chi connectivity index (χ4v) is 2.41. The summed E-state index contributed by atoms with van der Waals surface area (Å²) in [5, 5.41) is 11.6. The zero-order valence-corrected chi connectivity index (χ0v) is 15.4. The van der Waals surface area contributed by atoms with Crippen molar-refractivity contribution >= 4 is 11.9 Å². The van der Waals surface area contributed by atoms with Gasteiger partial charge in [0.05, 0.1) is 17.7 Å². The predicted octanol–water partition coefficient (Wildman–Crippen LogP) is 3.06. The van der Waals surface area contributed by atoms with Crippen molar-refractivity contribution in [3.63, 3.8) is 0 Å². The summed E-state index contributed by atoms with van der Waals surface area (Å²) in [4.78, 5) is 23.8. The molecule has 0 fully saturated rings. The molecule has 0 unspecified atom stereocenters. The molecule has 6 nitrogen and oxygen atoms in total. The van der Waals surface area contributed by atoms with Crippen molar-refractivity contribution in [1.82, 2.24) is 5.32 Å². The second-order valence-electron chi connectivity index (χ2n) is 6.02. The van der Waals surface area contributed by atoms with Crippen LogP contribution in [-0.2, 0) is 14.3 Å². The Morgan fingerprint density at radius 2 is 1.74 bits per heavy atom. The van der Waals surface area contributed by atoms with Crippen LogP contribution in [0.1, 0.15) is 36.1 Å². The molecule has 1 amide bonds. The zero-order chi connectivity index (χ0) is 19.6. The van der Waals surface area contributed by atoms with Crippen molar-refractivity contribution in [2.75, 3.05) is 13.2 Å². The molecule has 0 aliphatic heterocycles. The minimum Gasteiger partial charge on any atom is -0.482 e. The van der Waals surface area contributed by atoms with Crippen LogP contribution in [0, 0.1) is 18.3 Å². The summed E-state index contributed by atoms with van der Waals surface area (Å²) in [5.74, 6) is -0.562. The molecule has 140 valence electrons. The van der Waals surface area contributed by atoms with Crippen LogP contribution in [0.25, 0.3) is 0 Å². The van der Waals surface area contributed by atoms with Crippen molar-refractivity contribution in [2.24, 2.45) is 0 Å². The Labute approximate surface area is 158 Å². The Morgan fingerprint density at radius 3 is 2.33 bits per heavy atom. The first-order chi connectivity index (χ1) is 13.0. The fourth-order valence-electron chi connectivity index (χ4n) is 2.41. The average molecular weight is 366 g/mol. The molecule has 0 saturated heterocycles. The van der Waals surface area contributed by atoms with Crippen molar-refractivity contribution in [2.45, 2.75) is 26.3 Å². The minimum absolute atomic E-state index is 0.133. The number of benzene rings is 2. The van der Waals surface area contributed by atoms with Gasteiger partial charge in [-0.1, -0.05) is 36.8 Å². The lowest BCUT2D eigenvalue weighted by atomic mass is 10.0. The van der Waals surface area contributed by atoms with Gasteiger partial charge in [-0.05, 0) is 43.2 Å². The number of carbonyl (C=O) groups is 2. The summed E-state index contributed by atoms with van der Waals surface area (Å²) in [7, 11) is 0. The molecule has 0 aliphatic rings. The number of nitrogens with zero attached hydrogens (tertiary/aromatic N) is 1. The molecule has 2 rings (SSSR count). The van der Waals surface area contributed by atoms with Crippen molar-refractivity contribution in [3.05, 3.63) is 65.2 Å². The highest BCUT2D eigenvalue weighted by atomic mass is 16.6. The third-order valence-electron chi connectivity index (χ3n) is 3.93. The molecule has 2 aromatic rings. The maximum Gasteiger partial charge on any atom is 0.344 e. The van der Waals surface area contributed by atoms with Gasteiger partial charge in [-0.3, -0.25) is 4.79 Å². The van der Waals surface area contributed by atoms with Crippen LogP contribution in [0.15, 0.2) is 48.5 Å². The van der Waals surface area contributed by atoms with E-state index in [1.807, 2.05) is 44.2 Å². The number of rotatable bonds is 8. The molecule has 0 heterocycles. The number of esters is 1. The van der Waals surface area contributed by atoms with E-state index in [1.165, 1.54) is 0 Å². The van der Waals surface area contributed by atoms with Gasteiger partial charge in [0.25, 0.3) is 5.91 Å². The highest BCUT2D eigenvalue weighted by Crippen LogP contribution is 2.17. The van der Waals surface area contributed by atoms with E-state index in [0.717, 1.165) is 17.5 Å². The second-order valence-corrected chi connectivity index (χ2v) is 6.02. The van der Waals surface area contributed by atoms with Crippen LogP contribution >= 0.6 is 0 Å². The van der Waals surface area contributed by atoms with Crippen LogP contribution in [0.3, 0.4) is 0 Å². The monoisotopic (exact) mass is 366 g/mol. The molecular formula is C21H22N2O4. The van der Waals surface area contributed by atoms with Crippen LogP contribution in [0.5, 0.6) is 5.75 Å². The Morgan fingerprint density at radius 1 is 1.07 bits per heavy atom. The first-order valence-electron chi connectivity index (χ1n) is 8.66. The molecule has 0 saturated carbocycles. The molecular weight excluding hydrogens is 344 g/mol. The maximum absolute atomic E-state index is 12.0. The van der Waals surface area contributed by atoms with Gasteiger partial charge in [0.15, 0.2) is 13.2 Å². The minimum atomic E-state index is -0.641. The third-order valence-corrected chi connectivity index (χ3v) is 3.93. The molecule has 0 bridgehead atoms. The molecule has 0 aromatic heterocycles. The Hall–Kier alpha value is -3.33. The SMILES string of the molecule is CC[C@H](NC(=O)COC(=O)COc1ccc(C#N)cc1)c1ccc(C)cc1. The van der Waals surface area contributed by atoms with Gasteiger partial charge in [0.1, 0.15) is 5.75 Å². The van der Waals surface area contributed by atoms with Gasteiger partial charge in [-0.25, -0.2) is 4.79 Å². The normalized spacial score (nSPS) is 11.1. The highest BCUT2D eigenvalue weighted by molar-refractivity contribution is 5.81. The highest BCUT2D eigenvalue weighted by Gasteiger charge is 2.14. The molecule has 27 heavy (non-hydrogen) atoms. The van der Waals surface area contributed by atoms with E-state index in [-0.39, 0.29) is 25.2 Å². The summed E-state index contributed by atoms with van der Waals surface area (Å²) in [6.07, 6.45) is 0.727. The predicted molar refractivity (Wildman–Crippen MR) is 100.0 cm³/mol. The summed E-state index contributed by atoms with van der Waals surface area (Å²) in [6, 6.07) is 16.1. The number of ether oxygens (including phenoxy) is 2. The lowest BCUT2D eigenvalue weighted by molar-refractivity contribution is -0.150. The van der Waals surface area contributed by atoms with Gasteiger partial charge >= 0.3 is 5.97 Å². The van der Waals surface area contributed by atoms with Gasteiger partial charge in [-0.15, -0.1) is 0 Å². The van der Waals surface area contributed by atoms with Crippen molar-refractivity contribution < 1.29 is 19.1 Å². The van der Waals surface area contributed by atoms with Gasteiger partial charge in [0.2, 0.25) is 0 Å². The third kappa shape index (κ3) is 6.48. The molecule has 2 aromatic carbocycles. The zero-order valence-electron chi connectivity index (χ0n) is 15.4. The van der Waals surface area contributed by atoms with E-state index in [1.54, 1.807) is 24.3 Å². The fraction of sp³-hybridized carbons (Fsp3) is 0.286. The number of carbonyl (C=O) groups excluding carboxylic acids is 2. The van der Waals surface area contributed by atoms with Crippen molar-refractivity contribution in [3.8, 4) is 11.8 Å². The Bertz CT molecular complexity index is 808. The number of hydrogen-bond donors (Lipinski definition) is 1. The first-order valence-corrected chi connectivity index (χ1v) is 8.66. The van der Waals surface area contributed by atoms with Gasteiger partial charge in [0, 0.05) is 0 Å². The molecule has 1 atom stereocenters. The molecule has 1 N–H and O–H groups in total. The van der Waals surface area contributed by atoms with Gasteiger partial charge < -0.3 is 14.8 Å². The standard InChI is InChI=1S/C21H22N2O4/c1-3-19(17-8-4-15(2)5-9-17)23-20(24)13-27-21(25)14-26-18-10-6-16(12-22)7-11-18/h4-11,19H,3,13-14H2,1-2H3,(H,23,24)/t19-/m0/s1. The van der Waals surface area contributed by atoms with E-state index in [4.69, 9.17) is 14.7 Å². The summed E-state index contributed by atoms with van der Waals surface area (Å²) < 4.78 is 10.2. The lowest BCUT2D eigenvalue weighted by Crippen LogP contribution is -2.32. The number of hydrogen-bond acceptors (Lipinski definition) is 5. The topological polar surface area (TPSA) is 88.4 Å². The molecule has 0 aliphatic carbocycles. The van der Waals surface area contributed by atoms with Gasteiger partial charge in [-0.2, -0.15) is 5.26 Å². The van der Waals surface area contributed by atoms with Crippen LogP contribution in [-0.4, -0.2) is 25.1 Å². The van der Waals surface area contributed by atoms with E-state index in [0.29, 0.717) is 11.3 Å². The molecule has 6 heteroatoms. The average Bonchev–Trinajstić information content (AvgIpc) is 2.70. The largest absolute Gasteiger partial charge is 0.482 e. The maximum atomic E-state index is 12.0. The smallest absolute Gasteiger partial charge is 0.344 e. The summed E-state index contributed by atoms with van der Waals surface area (Å²) in [5.41, 5.74) is 2.66. The Kier molecular flexibility index (Phi) is 7.38. The number of nitrogens with one attached hydrogen (secondary N) is 1. The molecule has 0 radical (unpaired) electrons. The van der Waals surface area contributed by atoms with E-state index in [9.17, 15) is 9.59 Å². The lowest BCUT2D eigenvalue weighted by Gasteiger charge is -2.17. The van der Waals surface area contributed by atoms with Crippen LogP contribution in [0.2, 0.25) is 0 Å². The second kappa shape index (κ2) is 9.97. The quantitative estimate of drug-likeness (QED) is 0.726. The summed E-state index contributed by atoms with van der Waals surface area (Å²) in [6.45, 7) is 3.30.